The number of carboxylic acid groups (broad SMARTS) is 1. The zero-order valence-corrected chi connectivity index (χ0v) is 11.5. The molecular weight excluding hydrogens is 252 g/mol. The largest absolute Gasteiger partial charge is 0.477 e. The Labute approximate surface area is 110 Å². The van der Waals surface area contributed by atoms with Crippen molar-refractivity contribution in [3.05, 3.63) is 10.6 Å². The number of carboxylic acids is 1. The summed E-state index contributed by atoms with van der Waals surface area (Å²) in [5.41, 5.74) is 0.668. The van der Waals surface area contributed by atoms with Gasteiger partial charge in [0.05, 0.1) is 11.8 Å². The maximum atomic E-state index is 11.1. The minimum Gasteiger partial charge on any atom is -0.477 e. The van der Waals surface area contributed by atoms with E-state index in [-0.39, 0.29) is 6.10 Å². The van der Waals surface area contributed by atoms with Crippen LogP contribution in [0.2, 0.25) is 0 Å². The summed E-state index contributed by atoms with van der Waals surface area (Å²) in [5, 5.41) is 9.87. The van der Waals surface area contributed by atoms with Crippen LogP contribution in [0, 0.1) is 0 Å². The lowest BCUT2D eigenvalue weighted by atomic mass is 10.2. The zero-order valence-electron chi connectivity index (χ0n) is 10.7. The summed E-state index contributed by atoms with van der Waals surface area (Å²) in [6, 6.07) is 0. The van der Waals surface area contributed by atoms with Crippen molar-refractivity contribution in [1.29, 1.82) is 0 Å². The topological polar surface area (TPSA) is 62.7 Å². The Bertz CT molecular complexity index is 427. The second-order valence-electron chi connectivity index (χ2n) is 4.45. The Hall–Kier alpha value is -1.14. The predicted molar refractivity (Wildman–Crippen MR) is 70.7 cm³/mol. The average molecular weight is 270 g/mol. The summed E-state index contributed by atoms with van der Waals surface area (Å²) >= 11 is 1.24. The van der Waals surface area contributed by atoms with Crippen molar-refractivity contribution in [3.63, 3.8) is 0 Å². The molecular formula is C12H18N2O3S. The Balaban J connectivity index is 2.09. The normalized spacial score (nSPS) is 19.1. The number of nitrogens with zero attached hydrogens (tertiary/aromatic N) is 2. The average Bonchev–Trinajstić information content (AvgIpc) is 2.96. The molecule has 100 valence electrons. The standard InChI is InChI=1S/C12H18N2O3S/c1-3-9-10(11(15)16)18-12(13-9)14(2)7-8-5-4-6-17-8/h8H,3-7H2,1-2H3,(H,15,16). The fourth-order valence-corrected chi connectivity index (χ4v) is 3.04. The summed E-state index contributed by atoms with van der Waals surface area (Å²) < 4.78 is 5.57. The molecule has 0 radical (unpaired) electrons. The van der Waals surface area contributed by atoms with Gasteiger partial charge in [-0.15, -0.1) is 0 Å². The molecule has 0 amide bonds. The molecule has 1 unspecified atom stereocenters. The van der Waals surface area contributed by atoms with E-state index in [4.69, 9.17) is 9.84 Å². The molecule has 2 rings (SSSR count). The highest BCUT2D eigenvalue weighted by Crippen LogP contribution is 2.27. The molecule has 0 aliphatic carbocycles. The van der Waals surface area contributed by atoms with E-state index in [1.165, 1.54) is 11.3 Å². The summed E-state index contributed by atoms with van der Waals surface area (Å²) in [4.78, 5) is 17.8. The number of aryl methyl sites for hydroxylation is 1. The van der Waals surface area contributed by atoms with E-state index < -0.39 is 5.97 Å². The van der Waals surface area contributed by atoms with Crippen molar-refractivity contribution >= 4 is 22.4 Å². The predicted octanol–water partition coefficient (Wildman–Crippen LogP) is 2.02. The smallest absolute Gasteiger partial charge is 0.347 e. The van der Waals surface area contributed by atoms with Crippen molar-refractivity contribution in [2.75, 3.05) is 25.1 Å². The van der Waals surface area contributed by atoms with Crippen LogP contribution < -0.4 is 4.90 Å². The van der Waals surface area contributed by atoms with E-state index in [2.05, 4.69) is 4.98 Å². The minimum atomic E-state index is -0.888. The number of carbonyl (C=O) groups is 1. The van der Waals surface area contributed by atoms with Crippen molar-refractivity contribution < 1.29 is 14.6 Å². The second kappa shape index (κ2) is 5.67. The first kappa shape index (κ1) is 13.3. The quantitative estimate of drug-likeness (QED) is 0.887. The molecule has 0 spiro atoms. The molecule has 1 aliphatic rings. The number of anilines is 1. The van der Waals surface area contributed by atoms with E-state index in [0.717, 1.165) is 31.1 Å². The first-order valence-electron chi connectivity index (χ1n) is 6.17. The van der Waals surface area contributed by atoms with Gasteiger partial charge in [0.2, 0.25) is 0 Å². The summed E-state index contributed by atoms with van der Waals surface area (Å²) in [7, 11) is 1.94. The Morgan fingerprint density at radius 3 is 2.94 bits per heavy atom. The number of thiazole rings is 1. The molecule has 0 saturated carbocycles. The molecule has 1 fully saturated rings. The van der Waals surface area contributed by atoms with E-state index >= 15 is 0 Å². The molecule has 1 N–H and O–H groups in total. The van der Waals surface area contributed by atoms with Crippen molar-refractivity contribution in [2.24, 2.45) is 0 Å². The summed E-state index contributed by atoms with van der Waals surface area (Å²) in [6.07, 6.45) is 3.07. The fourth-order valence-electron chi connectivity index (χ4n) is 2.08. The van der Waals surface area contributed by atoms with Crippen LogP contribution >= 0.6 is 11.3 Å². The van der Waals surface area contributed by atoms with Crippen molar-refractivity contribution in [2.45, 2.75) is 32.3 Å². The highest BCUT2D eigenvalue weighted by Gasteiger charge is 2.22. The maximum absolute atomic E-state index is 11.1. The Kier molecular flexibility index (Phi) is 4.19. The number of ether oxygens (including phenoxy) is 1. The lowest BCUT2D eigenvalue weighted by Crippen LogP contribution is -2.28. The van der Waals surface area contributed by atoms with Gasteiger partial charge in [-0.2, -0.15) is 0 Å². The van der Waals surface area contributed by atoms with Gasteiger partial charge in [-0.25, -0.2) is 9.78 Å². The number of aromatic carboxylic acids is 1. The first-order valence-corrected chi connectivity index (χ1v) is 6.99. The first-order chi connectivity index (χ1) is 8.61. The second-order valence-corrected chi connectivity index (χ2v) is 5.42. The van der Waals surface area contributed by atoms with Crippen LogP contribution in [0.5, 0.6) is 0 Å². The number of aromatic nitrogens is 1. The highest BCUT2D eigenvalue weighted by molar-refractivity contribution is 7.17. The third kappa shape index (κ3) is 2.81. The molecule has 1 aliphatic heterocycles. The Morgan fingerprint density at radius 2 is 2.44 bits per heavy atom. The summed E-state index contributed by atoms with van der Waals surface area (Å²) in [5.74, 6) is -0.888. The van der Waals surface area contributed by atoms with Gasteiger partial charge in [0.15, 0.2) is 5.13 Å². The third-order valence-electron chi connectivity index (χ3n) is 3.04. The fraction of sp³-hybridized carbons (Fsp3) is 0.667. The highest BCUT2D eigenvalue weighted by atomic mass is 32.1. The van der Waals surface area contributed by atoms with Gasteiger partial charge in [0.25, 0.3) is 0 Å². The minimum absolute atomic E-state index is 0.247. The van der Waals surface area contributed by atoms with Crippen LogP contribution in [0.1, 0.15) is 35.1 Å². The number of hydrogen-bond donors (Lipinski definition) is 1. The molecule has 6 heteroatoms. The monoisotopic (exact) mass is 270 g/mol. The molecule has 2 heterocycles. The van der Waals surface area contributed by atoms with Gasteiger partial charge in [-0.1, -0.05) is 18.3 Å². The van der Waals surface area contributed by atoms with E-state index in [9.17, 15) is 4.79 Å². The van der Waals surface area contributed by atoms with Gasteiger partial charge in [-0.05, 0) is 19.3 Å². The lowest BCUT2D eigenvalue weighted by molar-refractivity contribution is 0.0701. The van der Waals surface area contributed by atoms with Crippen LogP contribution in [0.15, 0.2) is 0 Å². The number of likely N-dealkylation sites (N-methyl/N-ethyl adjacent to an activating group) is 1. The molecule has 18 heavy (non-hydrogen) atoms. The molecule has 1 aromatic rings. The Morgan fingerprint density at radius 1 is 1.67 bits per heavy atom. The SMILES string of the molecule is CCc1nc(N(C)CC2CCCO2)sc1C(=O)O. The maximum Gasteiger partial charge on any atom is 0.347 e. The molecule has 1 aromatic heterocycles. The molecule has 1 saturated heterocycles. The lowest BCUT2D eigenvalue weighted by Gasteiger charge is -2.19. The van der Waals surface area contributed by atoms with Gasteiger partial charge >= 0.3 is 5.97 Å². The van der Waals surface area contributed by atoms with E-state index in [1.807, 2.05) is 18.9 Å². The molecule has 0 bridgehead atoms. The number of hydrogen-bond acceptors (Lipinski definition) is 5. The van der Waals surface area contributed by atoms with Gasteiger partial charge < -0.3 is 14.7 Å². The van der Waals surface area contributed by atoms with Crippen molar-refractivity contribution in [1.82, 2.24) is 4.98 Å². The zero-order chi connectivity index (χ0) is 13.1. The number of rotatable bonds is 5. The van der Waals surface area contributed by atoms with Crippen LogP contribution in [0.3, 0.4) is 0 Å². The van der Waals surface area contributed by atoms with E-state index in [1.54, 1.807) is 0 Å². The van der Waals surface area contributed by atoms with Gasteiger partial charge in [0.1, 0.15) is 4.88 Å². The molecule has 1 atom stereocenters. The molecule has 0 aromatic carbocycles. The van der Waals surface area contributed by atoms with Crippen LogP contribution in [-0.4, -0.2) is 42.4 Å². The van der Waals surface area contributed by atoms with Crippen LogP contribution in [0.25, 0.3) is 0 Å². The summed E-state index contributed by atoms with van der Waals surface area (Å²) in [6.45, 7) is 3.53. The van der Waals surface area contributed by atoms with Crippen LogP contribution in [-0.2, 0) is 11.2 Å². The van der Waals surface area contributed by atoms with Gasteiger partial charge in [0, 0.05) is 20.2 Å². The van der Waals surface area contributed by atoms with Crippen LogP contribution in [0.4, 0.5) is 5.13 Å². The third-order valence-corrected chi connectivity index (χ3v) is 4.24. The molecule has 5 nitrogen and oxygen atoms in total. The van der Waals surface area contributed by atoms with Crippen molar-refractivity contribution in [3.8, 4) is 0 Å². The van der Waals surface area contributed by atoms with Gasteiger partial charge in [-0.3, -0.25) is 0 Å². The van der Waals surface area contributed by atoms with E-state index in [0.29, 0.717) is 17.0 Å².